The third kappa shape index (κ3) is 5.83. The molecule has 0 heterocycles. The second kappa shape index (κ2) is 9.25. The fraction of sp³-hybridized carbons (Fsp3) is 0.278. The number of anilines is 1. The van der Waals surface area contributed by atoms with Gasteiger partial charge in [0.2, 0.25) is 5.91 Å². The summed E-state index contributed by atoms with van der Waals surface area (Å²) in [4.78, 5) is 12.0. The van der Waals surface area contributed by atoms with Crippen molar-refractivity contribution in [2.24, 2.45) is 11.7 Å². The Morgan fingerprint density at radius 3 is 2.58 bits per heavy atom. The first-order chi connectivity index (χ1) is 11.0. The molecule has 0 radical (unpaired) electrons. The van der Waals surface area contributed by atoms with Gasteiger partial charge < -0.3 is 15.8 Å². The van der Waals surface area contributed by atoms with E-state index in [1.165, 1.54) is 12.1 Å². The summed E-state index contributed by atoms with van der Waals surface area (Å²) in [5, 5.41) is 2.84. The van der Waals surface area contributed by atoms with Crippen LogP contribution in [0.15, 0.2) is 48.5 Å². The first-order valence-electron chi connectivity index (χ1n) is 7.49. The first-order valence-corrected chi connectivity index (χ1v) is 7.49. The van der Waals surface area contributed by atoms with Gasteiger partial charge in [-0.15, -0.1) is 12.4 Å². The van der Waals surface area contributed by atoms with Gasteiger partial charge in [-0.3, -0.25) is 4.79 Å². The van der Waals surface area contributed by atoms with Crippen molar-refractivity contribution >= 4 is 24.0 Å². The monoisotopic (exact) mass is 352 g/mol. The van der Waals surface area contributed by atoms with Crippen molar-refractivity contribution < 1.29 is 13.9 Å². The molecule has 130 valence electrons. The van der Waals surface area contributed by atoms with Gasteiger partial charge in [0.25, 0.3) is 0 Å². The Morgan fingerprint density at radius 1 is 1.21 bits per heavy atom. The quantitative estimate of drug-likeness (QED) is 0.832. The fourth-order valence-corrected chi connectivity index (χ4v) is 1.96. The molecule has 0 fully saturated rings. The van der Waals surface area contributed by atoms with Crippen molar-refractivity contribution in [3.63, 3.8) is 0 Å². The minimum absolute atomic E-state index is 0. The first kappa shape index (κ1) is 19.9. The highest BCUT2D eigenvalue weighted by molar-refractivity contribution is 5.92. The van der Waals surface area contributed by atoms with Gasteiger partial charge in [-0.25, -0.2) is 4.39 Å². The Balaban J connectivity index is 0.00000288. The molecule has 0 aliphatic rings. The highest BCUT2D eigenvalue weighted by atomic mass is 35.5. The molecule has 2 unspecified atom stereocenters. The lowest BCUT2D eigenvalue weighted by Gasteiger charge is -2.15. The molecular weight excluding hydrogens is 331 g/mol. The fourth-order valence-electron chi connectivity index (χ4n) is 1.96. The molecule has 1 amide bonds. The van der Waals surface area contributed by atoms with Gasteiger partial charge in [-0.05, 0) is 36.8 Å². The lowest BCUT2D eigenvalue weighted by atomic mass is 10.0. The molecule has 0 aliphatic carbocycles. The number of carbonyl (C=O) groups excluding carboxylic acids is 1. The predicted molar refractivity (Wildman–Crippen MR) is 95.9 cm³/mol. The molecule has 0 saturated heterocycles. The molecule has 0 spiro atoms. The number of amides is 1. The zero-order valence-corrected chi connectivity index (χ0v) is 14.5. The van der Waals surface area contributed by atoms with Gasteiger partial charge in [0.1, 0.15) is 18.2 Å². The third-order valence-corrected chi connectivity index (χ3v) is 3.60. The lowest BCUT2D eigenvalue weighted by molar-refractivity contribution is -0.119. The Morgan fingerprint density at radius 2 is 1.92 bits per heavy atom. The largest absolute Gasteiger partial charge is 0.489 e. The summed E-state index contributed by atoms with van der Waals surface area (Å²) in [7, 11) is 0. The topological polar surface area (TPSA) is 64.4 Å². The van der Waals surface area contributed by atoms with Gasteiger partial charge >= 0.3 is 0 Å². The highest BCUT2D eigenvalue weighted by Gasteiger charge is 2.17. The molecule has 24 heavy (non-hydrogen) atoms. The summed E-state index contributed by atoms with van der Waals surface area (Å²) >= 11 is 0. The molecule has 3 N–H and O–H groups in total. The molecule has 2 aromatic rings. The van der Waals surface area contributed by atoms with E-state index in [0.717, 1.165) is 5.56 Å². The minimum Gasteiger partial charge on any atom is -0.489 e. The summed E-state index contributed by atoms with van der Waals surface area (Å²) in [5.74, 6) is -0.274. The predicted octanol–water partition coefficient (Wildman–Crippen LogP) is 3.75. The van der Waals surface area contributed by atoms with E-state index in [4.69, 9.17) is 10.5 Å². The number of halogens is 2. The lowest BCUT2D eigenvalue weighted by Crippen LogP contribution is -2.34. The Bertz CT molecular complexity index is 680. The minimum atomic E-state index is -0.339. The van der Waals surface area contributed by atoms with Gasteiger partial charge in [-0.1, -0.05) is 25.1 Å². The normalized spacial score (nSPS) is 12.7. The van der Waals surface area contributed by atoms with Gasteiger partial charge in [0.15, 0.2) is 0 Å². The molecular formula is C18H22ClFN2O2. The standard InChI is InChI=1S/C18H21FN2O2.ClH/c1-12(13(2)20)18(22)21-16-7-3-5-14(9-16)11-23-17-8-4-6-15(19)10-17;/h3-10,12-13H,11,20H2,1-2H3,(H,21,22);1H. The molecule has 2 aromatic carbocycles. The number of hydrogen-bond donors (Lipinski definition) is 2. The van der Waals surface area contributed by atoms with Crippen LogP contribution in [0.2, 0.25) is 0 Å². The summed E-state index contributed by atoms with van der Waals surface area (Å²) in [6.45, 7) is 3.88. The van der Waals surface area contributed by atoms with E-state index in [9.17, 15) is 9.18 Å². The van der Waals surface area contributed by atoms with Gasteiger partial charge in [0.05, 0.1) is 5.92 Å². The van der Waals surface area contributed by atoms with Crippen LogP contribution >= 0.6 is 12.4 Å². The van der Waals surface area contributed by atoms with Crippen LogP contribution in [0.1, 0.15) is 19.4 Å². The summed E-state index contributed by atoms with van der Waals surface area (Å²) in [6.07, 6.45) is 0. The van der Waals surface area contributed by atoms with Crippen LogP contribution in [0.3, 0.4) is 0 Å². The van der Waals surface area contributed by atoms with E-state index < -0.39 is 0 Å². The van der Waals surface area contributed by atoms with Crippen molar-refractivity contribution in [1.82, 2.24) is 0 Å². The number of rotatable bonds is 6. The van der Waals surface area contributed by atoms with Crippen LogP contribution in [0.4, 0.5) is 10.1 Å². The van der Waals surface area contributed by atoms with Crippen molar-refractivity contribution in [3.05, 3.63) is 59.9 Å². The summed E-state index contributed by atoms with van der Waals surface area (Å²) < 4.78 is 18.6. The zero-order chi connectivity index (χ0) is 16.8. The molecule has 0 bridgehead atoms. The van der Waals surface area contributed by atoms with Crippen LogP contribution in [0, 0.1) is 11.7 Å². The average Bonchev–Trinajstić information content (AvgIpc) is 2.52. The second-order valence-electron chi connectivity index (χ2n) is 5.58. The molecule has 2 rings (SSSR count). The number of carbonyl (C=O) groups is 1. The SMILES string of the molecule is CC(N)C(C)C(=O)Nc1cccc(COc2cccc(F)c2)c1.Cl. The average molecular weight is 353 g/mol. The Kier molecular flexibility index (Phi) is 7.68. The van der Waals surface area contributed by atoms with E-state index >= 15 is 0 Å². The van der Waals surface area contributed by atoms with Crippen molar-refractivity contribution in [2.75, 3.05) is 5.32 Å². The third-order valence-electron chi connectivity index (χ3n) is 3.60. The summed E-state index contributed by atoms with van der Waals surface area (Å²) in [5.41, 5.74) is 7.29. The van der Waals surface area contributed by atoms with Gasteiger partial charge in [0, 0.05) is 17.8 Å². The molecule has 0 aliphatic heterocycles. The molecule has 0 aromatic heterocycles. The summed E-state index contributed by atoms with van der Waals surface area (Å²) in [6, 6.07) is 13.1. The Labute approximate surface area is 147 Å². The number of nitrogens with two attached hydrogens (primary N) is 1. The smallest absolute Gasteiger partial charge is 0.228 e. The maximum Gasteiger partial charge on any atom is 0.228 e. The van der Waals surface area contributed by atoms with Crippen molar-refractivity contribution in [1.29, 1.82) is 0 Å². The number of hydrogen-bond acceptors (Lipinski definition) is 3. The van der Waals surface area contributed by atoms with Crippen LogP contribution in [-0.4, -0.2) is 11.9 Å². The molecule has 6 heteroatoms. The number of nitrogens with one attached hydrogen (secondary N) is 1. The van der Waals surface area contributed by atoms with Crippen LogP contribution in [0.5, 0.6) is 5.75 Å². The van der Waals surface area contributed by atoms with E-state index in [1.54, 1.807) is 32.0 Å². The molecule has 2 atom stereocenters. The van der Waals surface area contributed by atoms with Crippen LogP contribution in [-0.2, 0) is 11.4 Å². The molecule has 0 saturated carbocycles. The number of ether oxygens (including phenoxy) is 1. The van der Waals surface area contributed by atoms with Crippen LogP contribution in [0.25, 0.3) is 0 Å². The second-order valence-corrected chi connectivity index (χ2v) is 5.58. The zero-order valence-electron chi connectivity index (χ0n) is 13.7. The van der Waals surface area contributed by atoms with E-state index in [2.05, 4.69) is 5.32 Å². The van der Waals surface area contributed by atoms with Crippen LogP contribution < -0.4 is 15.8 Å². The van der Waals surface area contributed by atoms with E-state index in [-0.39, 0.29) is 42.7 Å². The van der Waals surface area contributed by atoms with E-state index in [0.29, 0.717) is 11.4 Å². The molecule has 4 nitrogen and oxygen atoms in total. The van der Waals surface area contributed by atoms with Crippen molar-refractivity contribution in [2.45, 2.75) is 26.5 Å². The van der Waals surface area contributed by atoms with Crippen molar-refractivity contribution in [3.8, 4) is 5.75 Å². The highest BCUT2D eigenvalue weighted by Crippen LogP contribution is 2.17. The maximum atomic E-state index is 13.1. The Hall–Kier alpha value is -2.11. The number of benzene rings is 2. The van der Waals surface area contributed by atoms with Gasteiger partial charge in [-0.2, -0.15) is 0 Å². The maximum absolute atomic E-state index is 13.1. The van der Waals surface area contributed by atoms with E-state index in [1.807, 2.05) is 18.2 Å².